The third kappa shape index (κ3) is 5.92. The van der Waals surface area contributed by atoms with Gasteiger partial charge in [-0.2, -0.15) is 4.98 Å². The number of hydrogen-bond acceptors (Lipinski definition) is 7. The van der Waals surface area contributed by atoms with Crippen LogP contribution in [-0.2, 0) is 4.79 Å². The number of nitrogens with one attached hydrogen (secondary N) is 3. The molecule has 1 amide bonds. The van der Waals surface area contributed by atoms with Gasteiger partial charge >= 0.3 is 0 Å². The molecule has 0 unspecified atom stereocenters. The summed E-state index contributed by atoms with van der Waals surface area (Å²) in [6.45, 7) is 1.75. The third-order valence-corrected chi connectivity index (χ3v) is 4.85. The fourth-order valence-electron chi connectivity index (χ4n) is 2.72. The summed E-state index contributed by atoms with van der Waals surface area (Å²) in [7, 11) is 0. The summed E-state index contributed by atoms with van der Waals surface area (Å²) in [6.07, 6.45) is 1.67. The highest BCUT2D eigenvalue weighted by atomic mass is 35.5. The molecule has 10 heteroatoms. The summed E-state index contributed by atoms with van der Waals surface area (Å²) >= 11 is 6.22. The molecular formula is C23H20ClFN6O2. The lowest BCUT2D eigenvalue weighted by Crippen LogP contribution is -1.99. The number of nitrogens with zero attached hydrogens (tertiary/aromatic N) is 2. The highest BCUT2D eigenvalue weighted by molar-refractivity contribution is 6.36. The quantitative estimate of drug-likeness (QED) is 0.170. The van der Waals surface area contributed by atoms with Crippen molar-refractivity contribution >= 4 is 47.2 Å². The van der Waals surface area contributed by atoms with Gasteiger partial charge in [-0.1, -0.05) is 35.9 Å². The summed E-state index contributed by atoms with van der Waals surface area (Å²) in [5.41, 5.74) is 9.03. The molecule has 0 fully saturated rings. The second-order valence-corrected chi connectivity index (χ2v) is 7.09. The van der Waals surface area contributed by atoms with Crippen molar-refractivity contribution in [2.24, 2.45) is 0 Å². The fraction of sp³-hybridized carbons (Fsp3) is 0.0435. The van der Waals surface area contributed by atoms with Crippen molar-refractivity contribution in [2.75, 3.05) is 16.4 Å². The Labute approximate surface area is 194 Å². The van der Waals surface area contributed by atoms with Crippen LogP contribution in [0.1, 0.15) is 11.1 Å². The Balaban J connectivity index is 0.000000323. The smallest absolute Gasteiger partial charge is 0.268 e. The van der Waals surface area contributed by atoms with Crippen molar-refractivity contribution in [3.8, 4) is 11.5 Å². The van der Waals surface area contributed by atoms with Crippen molar-refractivity contribution in [1.29, 1.82) is 5.41 Å². The standard InChI is InChI=1S/C16H13ClN6O2.C7H7F/c17-14-11(7-18)12(19)4-5-13(14)21-16-22-15(25-23-16)9-2-1-3-10(6-9)20-8-24;1-6-4-2-3-5-7(6)8/h1-8,18H,19H2,(H,20,24)(H,21,23);2-5H,1H3. The van der Waals surface area contributed by atoms with Crippen LogP contribution in [0.3, 0.4) is 0 Å². The van der Waals surface area contributed by atoms with E-state index in [1.807, 2.05) is 6.07 Å². The van der Waals surface area contributed by atoms with Gasteiger partial charge in [0.05, 0.1) is 10.7 Å². The molecule has 5 N–H and O–H groups in total. The average molecular weight is 467 g/mol. The maximum Gasteiger partial charge on any atom is 0.268 e. The molecule has 0 aliphatic rings. The van der Waals surface area contributed by atoms with E-state index in [4.69, 9.17) is 27.3 Å². The maximum absolute atomic E-state index is 12.3. The molecule has 0 saturated heterocycles. The molecule has 0 spiro atoms. The predicted molar refractivity (Wildman–Crippen MR) is 128 cm³/mol. The van der Waals surface area contributed by atoms with E-state index in [2.05, 4.69) is 20.8 Å². The number of carbonyl (C=O) groups is 1. The first kappa shape index (κ1) is 23.4. The van der Waals surface area contributed by atoms with Gasteiger partial charge in [0, 0.05) is 28.7 Å². The van der Waals surface area contributed by atoms with E-state index in [1.165, 1.54) is 6.07 Å². The van der Waals surface area contributed by atoms with Crippen molar-refractivity contribution < 1.29 is 13.7 Å². The number of benzene rings is 3. The Morgan fingerprint density at radius 2 is 1.94 bits per heavy atom. The summed E-state index contributed by atoms with van der Waals surface area (Å²) in [5.74, 6) is 0.342. The van der Waals surface area contributed by atoms with E-state index < -0.39 is 0 Å². The van der Waals surface area contributed by atoms with Crippen LogP contribution in [0.5, 0.6) is 0 Å². The Bertz CT molecular complexity index is 1260. The van der Waals surface area contributed by atoms with Gasteiger partial charge in [0.15, 0.2) is 0 Å². The summed E-state index contributed by atoms with van der Waals surface area (Å²) in [5, 5.41) is 17.0. The SMILES string of the molecule is Cc1ccccc1F.N=Cc1c(N)ccc(Nc2noc(-c3cccc(NC=O)c3)n2)c1Cl. The van der Waals surface area contributed by atoms with Gasteiger partial charge in [-0.25, -0.2) is 4.39 Å². The van der Waals surface area contributed by atoms with Gasteiger partial charge < -0.3 is 26.3 Å². The molecule has 8 nitrogen and oxygen atoms in total. The lowest BCUT2D eigenvalue weighted by molar-refractivity contribution is -0.105. The number of carbonyl (C=O) groups excluding carboxylic acids is 1. The Kier molecular flexibility index (Phi) is 7.72. The first-order chi connectivity index (χ1) is 15.9. The molecule has 0 aliphatic carbocycles. The number of halogens is 2. The van der Waals surface area contributed by atoms with Crippen LogP contribution < -0.4 is 16.4 Å². The molecule has 0 aliphatic heterocycles. The van der Waals surface area contributed by atoms with Crippen molar-refractivity contribution in [3.63, 3.8) is 0 Å². The van der Waals surface area contributed by atoms with E-state index in [0.717, 1.165) is 6.21 Å². The molecule has 0 radical (unpaired) electrons. The highest BCUT2D eigenvalue weighted by Gasteiger charge is 2.13. The molecule has 0 atom stereocenters. The topological polar surface area (TPSA) is 130 Å². The van der Waals surface area contributed by atoms with Gasteiger partial charge in [0.1, 0.15) is 5.82 Å². The summed E-state index contributed by atoms with van der Waals surface area (Å²) < 4.78 is 17.5. The number of hydrogen-bond donors (Lipinski definition) is 4. The largest absolute Gasteiger partial charge is 0.398 e. The molecule has 4 rings (SSSR count). The van der Waals surface area contributed by atoms with Gasteiger partial charge in [-0.05, 0) is 54.0 Å². The molecule has 0 bridgehead atoms. The normalized spacial score (nSPS) is 10.0. The fourth-order valence-corrected chi connectivity index (χ4v) is 3.00. The molecular weight excluding hydrogens is 447 g/mol. The van der Waals surface area contributed by atoms with Crippen LogP contribution in [0.15, 0.2) is 65.2 Å². The van der Waals surface area contributed by atoms with Gasteiger partial charge in [0.25, 0.3) is 11.8 Å². The zero-order valence-electron chi connectivity index (χ0n) is 17.5. The van der Waals surface area contributed by atoms with Gasteiger partial charge in [0.2, 0.25) is 6.41 Å². The van der Waals surface area contributed by atoms with E-state index >= 15 is 0 Å². The third-order valence-electron chi connectivity index (χ3n) is 4.44. The van der Waals surface area contributed by atoms with Crippen LogP contribution in [-0.4, -0.2) is 22.8 Å². The first-order valence-electron chi connectivity index (χ1n) is 9.64. The highest BCUT2D eigenvalue weighted by Crippen LogP contribution is 2.31. The van der Waals surface area contributed by atoms with E-state index in [-0.39, 0.29) is 17.7 Å². The minimum absolute atomic E-state index is 0.132. The molecule has 3 aromatic carbocycles. The number of rotatable bonds is 6. The molecule has 168 valence electrons. The maximum atomic E-state index is 12.3. The lowest BCUT2D eigenvalue weighted by atomic mass is 10.1. The monoisotopic (exact) mass is 466 g/mol. The second kappa shape index (κ2) is 10.9. The molecule has 0 saturated carbocycles. The summed E-state index contributed by atoms with van der Waals surface area (Å²) in [4.78, 5) is 14.8. The van der Waals surface area contributed by atoms with E-state index in [0.29, 0.717) is 45.2 Å². The minimum Gasteiger partial charge on any atom is -0.398 e. The van der Waals surface area contributed by atoms with Crippen molar-refractivity contribution in [1.82, 2.24) is 10.1 Å². The predicted octanol–water partition coefficient (Wildman–Crippen LogP) is 5.42. The molecule has 33 heavy (non-hydrogen) atoms. The lowest BCUT2D eigenvalue weighted by Gasteiger charge is -2.08. The number of aryl methyl sites for hydroxylation is 1. The van der Waals surface area contributed by atoms with Crippen LogP contribution in [0, 0.1) is 18.2 Å². The van der Waals surface area contributed by atoms with Crippen LogP contribution in [0.25, 0.3) is 11.5 Å². The van der Waals surface area contributed by atoms with Crippen LogP contribution in [0.2, 0.25) is 5.02 Å². The van der Waals surface area contributed by atoms with Crippen LogP contribution >= 0.6 is 11.6 Å². The summed E-state index contributed by atoms with van der Waals surface area (Å²) in [6, 6.07) is 17.0. The average Bonchev–Trinajstić information content (AvgIpc) is 3.28. The number of nitrogens with two attached hydrogens (primary N) is 1. The molecule has 4 aromatic rings. The Hall–Kier alpha value is -4.24. The zero-order chi connectivity index (χ0) is 23.8. The second-order valence-electron chi connectivity index (χ2n) is 6.71. The van der Waals surface area contributed by atoms with Crippen LogP contribution in [0.4, 0.5) is 27.4 Å². The van der Waals surface area contributed by atoms with Gasteiger partial charge in [-0.15, -0.1) is 0 Å². The van der Waals surface area contributed by atoms with Crippen molar-refractivity contribution in [3.05, 3.63) is 82.6 Å². The molecule has 1 heterocycles. The number of amides is 1. The minimum atomic E-state index is -0.132. The van der Waals surface area contributed by atoms with E-state index in [9.17, 15) is 9.18 Å². The van der Waals surface area contributed by atoms with Gasteiger partial charge in [-0.3, -0.25) is 4.79 Å². The van der Waals surface area contributed by atoms with E-state index in [1.54, 1.807) is 55.5 Å². The Morgan fingerprint density at radius 1 is 1.15 bits per heavy atom. The first-order valence-corrected chi connectivity index (χ1v) is 10.0. The number of nitrogen functional groups attached to an aromatic ring is 1. The Morgan fingerprint density at radius 3 is 2.61 bits per heavy atom. The van der Waals surface area contributed by atoms with Crippen molar-refractivity contribution in [2.45, 2.75) is 6.92 Å². The molecule has 1 aromatic heterocycles. The number of anilines is 4. The number of aromatic nitrogens is 2. The zero-order valence-corrected chi connectivity index (χ0v) is 18.2.